The first-order chi connectivity index (χ1) is 13.5. The van der Waals surface area contributed by atoms with Crippen molar-refractivity contribution in [1.29, 1.82) is 0 Å². The van der Waals surface area contributed by atoms with Crippen molar-refractivity contribution < 1.29 is 9.59 Å². The van der Waals surface area contributed by atoms with E-state index in [-0.39, 0.29) is 17.2 Å². The number of amides is 2. The summed E-state index contributed by atoms with van der Waals surface area (Å²) in [6.45, 7) is 9.61. The van der Waals surface area contributed by atoms with Crippen molar-refractivity contribution in [1.82, 2.24) is 9.80 Å². The normalized spacial score (nSPS) is 23.1. The van der Waals surface area contributed by atoms with Gasteiger partial charge in [-0.25, -0.2) is 0 Å². The van der Waals surface area contributed by atoms with E-state index in [1.54, 1.807) is 4.90 Å². The molecule has 1 spiro atoms. The van der Waals surface area contributed by atoms with Crippen LogP contribution in [0.5, 0.6) is 0 Å². The molecule has 2 aliphatic heterocycles. The lowest BCUT2D eigenvalue weighted by atomic mass is 9.76. The smallest absolute Gasteiger partial charge is 0.229 e. The van der Waals surface area contributed by atoms with Gasteiger partial charge in [0, 0.05) is 57.8 Å². The Balaban J connectivity index is 1.28. The van der Waals surface area contributed by atoms with Gasteiger partial charge in [-0.15, -0.1) is 0 Å². The first-order valence-corrected chi connectivity index (χ1v) is 10.8. The summed E-state index contributed by atoms with van der Waals surface area (Å²) in [5.74, 6) is 0.124. The molecular weight excluding hydrogens is 350 g/mol. The number of rotatable bonds is 4. The molecule has 0 atom stereocenters. The van der Waals surface area contributed by atoms with Crippen LogP contribution in [-0.2, 0) is 9.59 Å². The van der Waals surface area contributed by atoms with Crippen molar-refractivity contribution >= 4 is 17.5 Å². The van der Waals surface area contributed by atoms with Gasteiger partial charge < -0.3 is 4.90 Å². The van der Waals surface area contributed by atoms with Gasteiger partial charge in [0.25, 0.3) is 0 Å². The van der Waals surface area contributed by atoms with Crippen molar-refractivity contribution in [3.63, 3.8) is 0 Å². The molecule has 1 aromatic carbocycles. The lowest BCUT2D eigenvalue weighted by Gasteiger charge is -2.40. The summed E-state index contributed by atoms with van der Waals surface area (Å²) in [5, 5.41) is 0. The van der Waals surface area contributed by atoms with E-state index in [1.165, 1.54) is 29.7 Å². The molecule has 1 aromatic rings. The van der Waals surface area contributed by atoms with Gasteiger partial charge in [-0.2, -0.15) is 0 Å². The molecule has 5 nitrogen and oxygen atoms in total. The molecule has 5 heteroatoms. The fourth-order valence-corrected chi connectivity index (χ4v) is 5.28. The molecule has 0 aromatic heterocycles. The van der Waals surface area contributed by atoms with Crippen molar-refractivity contribution in [2.75, 3.05) is 44.2 Å². The highest BCUT2D eigenvalue weighted by Gasteiger charge is 2.44. The number of benzene rings is 1. The zero-order valence-electron chi connectivity index (χ0n) is 17.4. The summed E-state index contributed by atoms with van der Waals surface area (Å²) >= 11 is 0. The molecule has 152 valence electrons. The third-order valence-corrected chi connectivity index (χ3v) is 7.04. The monoisotopic (exact) mass is 383 g/mol. The molecule has 2 heterocycles. The van der Waals surface area contributed by atoms with E-state index in [0.29, 0.717) is 19.4 Å². The quantitative estimate of drug-likeness (QED) is 0.750. The van der Waals surface area contributed by atoms with Gasteiger partial charge >= 0.3 is 0 Å². The summed E-state index contributed by atoms with van der Waals surface area (Å²) in [7, 11) is 0. The minimum absolute atomic E-state index is 0.00195. The Morgan fingerprint density at radius 1 is 0.893 bits per heavy atom. The maximum Gasteiger partial charge on any atom is 0.229 e. The fraction of sp³-hybridized carbons (Fsp3) is 0.652. The zero-order valence-corrected chi connectivity index (χ0v) is 17.4. The summed E-state index contributed by atoms with van der Waals surface area (Å²) < 4.78 is 0. The third-order valence-electron chi connectivity index (χ3n) is 7.04. The molecule has 0 N–H and O–H groups in total. The molecule has 0 bridgehead atoms. The Labute approximate surface area is 168 Å². The highest BCUT2D eigenvalue weighted by Crippen LogP contribution is 2.46. The Morgan fingerprint density at radius 3 is 2.18 bits per heavy atom. The van der Waals surface area contributed by atoms with E-state index < -0.39 is 0 Å². The molecule has 3 fully saturated rings. The predicted molar refractivity (Wildman–Crippen MR) is 111 cm³/mol. The summed E-state index contributed by atoms with van der Waals surface area (Å²) in [5.41, 5.74) is 3.96. The number of nitrogens with zero attached hydrogens (tertiary/aromatic N) is 3. The maximum atomic E-state index is 12.6. The van der Waals surface area contributed by atoms with Crippen LogP contribution in [0.4, 0.5) is 5.69 Å². The zero-order chi connectivity index (χ0) is 19.7. The standard InChI is InChI=1S/C23H33N3O2/c1-18-5-6-19(2)20(15-18)25-12-9-24(10-13-25)11-14-26-21(27)16-23(17-22(26)28)7-3-4-8-23/h5-6,15H,3-4,7-14,16-17H2,1-2H3. The molecule has 4 rings (SSSR count). The molecule has 0 radical (unpaired) electrons. The van der Waals surface area contributed by atoms with E-state index >= 15 is 0 Å². The van der Waals surface area contributed by atoms with Crippen LogP contribution in [0.3, 0.4) is 0 Å². The van der Waals surface area contributed by atoms with Crippen LogP contribution in [0.15, 0.2) is 18.2 Å². The molecule has 3 aliphatic rings. The van der Waals surface area contributed by atoms with Crippen LogP contribution in [0, 0.1) is 19.3 Å². The van der Waals surface area contributed by atoms with E-state index in [1.807, 2.05) is 0 Å². The molecule has 1 aliphatic carbocycles. The number of anilines is 1. The van der Waals surface area contributed by atoms with Crippen LogP contribution < -0.4 is 4.90 Å². The molecular formula is C23H33N3O2. The van der Waals surface area contributed by atoms with Crippen molar-refractivity contribution in [3.05, 3.63) is 29.3 Å². The van der Waals surface area contributed by atoms with Gasteiger partial charge in [-0.3, -0.25) is 19.4 Å². The molecule has 2 saturated heterocycles. The number of imide groups is 1. The number of likely N-dealkylation sites (tertiary alicyclic amines) is 1. The number of carbonyl (C=O) groups excluding carboxylic acids is 2. The highest BCUT2D eigenvalue weighted by molar-refractivity contribution is 5.98. The number of aryl methyl sites for hydroxylation is 2. The highest BCUT2D eigenvalue weighted by atomic mass is 16.2. The van der Waals surface area contributed by atoms with Gasteiger partial charge in [0.2, 0.25) is 11.8 Å². The number of hydrogen-bond donors (Lipinski definition) is 0. The van der Waals surface area contributed by atoms with Crippen molar-refractivity contribution in [2.45, 2.75) is 52.4 Å². The molecule has 1 saturated carbocycles. The van der Waals surface area contributed by atoms with Gasteiger partial charge in [0.05, 0.1) is 0 Å². The Morgan fingerprint density at radius 2 is 1.54 bits per heavy atom. The molecule has 0 unspecified atom stereocenters. The van der Waals surface area contributed by atoms with Crippen LogP contribution in [0.1, 0.15) is 49.7 Å². The summed E-state index contributed by atoms with van der Waals surface area (Å²) in [6, 6.07) is 6.63. The second-order valence-electron chi connectivity index (χ2n) is 9.12. The number of hydrogen-bond acceptors (Lipinski definition) is 4. The second kappa shape index (κ2) is 7.86. The molecule has 2 amide bonds. The van der Waals surface area contributed by atoms with Crippen LogP contribution in [0.25, 0.3) is 0 Å². The number of carbonyl (C=O) groups is 2. The SMILES string of the molecule is Cc1ccc(C)c(N2CCN(CCN3C(=O)CC4(CCCC4)CC3=O)CC2)c1. The third kappa shape index (κ3) is 3.95. The van der Waals surface area contributed by atoms with Crippen LogP contribution >= 0.6 is 0 Å². The van der Waals surface area contributed by atoms with E-state index in [2.05, 4.69) is 41.8 Å². The largest absolute Gasteiger partial charge is 0.369 e. The van der Waals surface area contributed by atoms with Gasteiger partial charge in [-0.05, 0) is 49.3 Å². The Hall–Kier alpha value is -1.88. The number of piperazine rings is 1. The van der Waals surface area contributed by atoms with E-state index in [9.17, 15) is 9.59 Å². The topological polar surface area (TPSA) is 43.9 Å². The second-order valence-corrected chi connectivity index (χ2v) is 9.12. The Kier molecular flexibility index (Phi) is 5.46. The summed E-state index contributed by atoms with van der Waals surface area (Å²) in [4.78, 5) is 31.6. The fourth-order valence-electron chi connectivity index (χ4n) is 5.28. The van der Waals surface area contributed by atoms with Crippen LogP contribution in [0.2, 0.25) is 0 Å². The minimum atomic E-state index is 0.00195. The van der Waals surface area contributed by atoms with Gasteiger partial charge in [0.1, 0.15) is 0 Å². The van der Waals surface area contributed by atoms with Gasteiger partial charge in [0.15, 0.2) is 0 Å². The van der Waals surface area contributed by atoms with E-state index in [0.717, 1.165) is 45.6 Å². The predicted octanol–water partition coefficient (Wildman–Crippen LogP) is 3.13. The Bertz CT molecular complexity index is 726. The maximum absolute atomic E-state index is 12.6. The van der Waals surface area contributed by atoms with E-state index in [4.69, 9.17) is 0 Å². The lowest BCUT2D eigenvalue weighted by molar-refractivity contribution is -0.153. The lowest BCUT2D eigenvalue weighted by Crippen LogP contribution is -2.52. The number of piperidine rings is 1. The minimum Gasteiger partial charge on any atom is -0.369 e. The first kappa shape index (κ1) is 19.4. The van der Waals surface area contributed by atoms with Crippen LogP contribution in [-0.4, -0.2) is 60.9 Å². The van der Waals surface area contributed by atoms with Crippen molar-refractivity contribution in [3.8, 4) is 0 Å². The average Bonchev–Trinajstić information content (AvgIpc) is 3.11. The average molecular weight is 384 g/mol. The first-order valence-electron chi connectivity index (χ1n) is 10.8. The molecule has 28 heavy (non-hydrogen) atoms. The summed E-state index contributed by atoms with van der Waals surface area (Å²) in [6.07, 6.45) is 5.62. The van der Waals surface area contributed by atoms with Gasteiger partial charge in [-0.1, -0.05) is 25.0 Å². The van der Waals surface area contributed by atoms with Crippen molar-refractivity contribution in [2.24, 2.45) is 5.41 Å².